The molecule has 1 aromatic heterocycles. The molecule has 1 saturated heterocycles. The topological polar surface area (TPSA) is 68.2 Å². The van der Waals surface area contributed by atoms with Gasteiger partial charge in [0.05, 0.1) is 0 Å². The second-order valence-electron chi connectivity index (χ2n) is 5.01. The van der Waals surface area contributed by atoms with Gasteiger partial charge in [-0.25, -0.2) is 0 Å². The van der Waals surface area contributed by atoms with Crippen LogP contribution in [0.3, 0.4) is 0 Å². The van der Waals surface area contributed by atoms with Crippen LogP contribution in [0.1, 0.15) is 30.5 Å². The Morgan fingerprint density at radius 2 is 1.84 bits per heavy atom. The van der Waals surface area contributed by atoms with Crippen molar-refractivity contribution in [3.8, 4) is 0 Å². The zero-order valence-electron chi connectivity index (χ0n) is 11.0. The number of anilines is 2. The summed E-state index contributed by atoms with van der Waals surface area (Å²) in [6.07, 6.45) is 2.10. The lowest BCUT2D eigenvalue weighted by molar-refractivity contribution is 0.383. The minimum absolute atomic E-state index is 0.395. The van der Waals surface area contributed by atoms with Crippen LogP contribution in [0.2, 0.25) is 0 Å². The first-order valence-electron chi connectivity index (χ1n) is 6.63. The molecular formula is C14H18N4O. The van der Waals surface area contributed by atoms with Gasteiger partial charge < -0.3 is 15.1 Å². The Morgan fingerprint density at radius 1 is 1.16 bits per heavy atom. The number of nitrogens with zero attached hydrogens (tertiary/aromatic N) is 3. The van der Waals surface area contributed by atoms with Gasteiger partial charge in [0.15, 0.2) is 0 Å². The first-order valence-corrected chi connectivity index (χ1v) is 6.63. The van der Waals surface area contributed by atoms with Crippen molar-refractivity contribution in [2.45, 2.75) is 25.7 Å². The second kappa shape index (κ2) is 4.91. The van der Waals surface area contributed by atoms with Crippen LogP contribution in [0, 0.1) is 6.92 Å². The third kappa shape index (κ3) is 2.54. The lowest BCUT2D eigenvalue weighted by Crippen LogP contribution is -2.32. The van der Waals surface area contributed by atoms with Crippen molar-refractivity contribution in [2.24, 2.45) is 0 Å². The monoisotopic (exact) mass is 258 g/mol. The molecule has 100 valence electrons. The maximum absolute atomic E-state index is 5.71. The Hall–Kier alpha value is -2.04. The summed E-state index contributed by atoms with van der Waals surface area (Å²) in [5.74, 6) is 1.83. The molecule has 0 aliphatic carbocycles. The van der Waals surface area contributed by atoms with Crippen LogP contribution in [0.4, 0.5) is 11.4 Å². The van der Waals surface area contributed by atoms with Gasteiger partial charge in [0, 0.05) is 37.3 Å². The lowest BCUT2D eigenvalue weighted by atomic mass is 9.96. The number of hydrogen-bond donors (Lipinski definition) is 1. The van der Waals surface area contributed by atoms with Crippen molar-refractivity contribution in [1.29, 1.82) is 0 Å². The minimum atomic E-state index is 0.395. The number of nitrogens with two attached hydrogens (primary N) is 1. The van der Waals surface area contributed by atoms with Gasteiger partial charge in [-0.3, -0.25) is 0 Å². The fourth-order valence-corrected chi connectivity index (χ4v) is 2.55. The Bertz CT molecular complexity index is 541. The molecule has 1 aromatic carbocycles. The third-order valence-electron chi connectivity index (χ3n) is 3.64. The Balaban J connectivity index is 1.64. The molecule has 0 atom stereocenters. The maximum Gasteiger partial charge on any atom is 0.219 e. The van der Waals surface area contributed by atoms with E-state index in [1.165, 1.54) is 5.69 Å². The summed E-state index contributed by atoms with van der Waals surface area (Å²) in [4.78, 5) is 2.37. The Labute approximate surface area is 112 Å². The van der Waals surface area contributed by atoms with Crippen LogP contribution in [-0.4, -0.2) is 23.3 Å². The highest BCUT2D eigenvalue weighted by atomic mass is 16.4. The van der Waals surface area contributed by atoms with E-state index in [-0.39, 0.29) is 0 Å². The quantitative estimate of drug-likeness (QED) is 0.837. The predicted octanol–water partition coefficient (Wildman–Crippen LogP) is 2.34. The molecule has 5 heteroatoms. The van der Waals surface area contributed by atoms with E-state index in [0.29, 0.717) is 11.8 Å². The summed E-state index contributed by atoms with van der Waals surface area (Å²) in [5, 5.41) is 8.03. The molecule has 0 amide bonds. The fraction of sp³-hybridized carbons (Fsp3) is 0.429. The average Bonchev–Trinajstić information content (AvgIpc) is 2.87. The summed E-state index contributed by atoms with van der Waals surface area (Å²) in [7, 11) is 0. The van der Waals surface area contributed by atoms with E-state index >= 15 is 0 Å². The molecule has 0 saturated carbocycles. The van der Waals surface area contributed by atoms with Crippen LogP contribution in [0.5, 0.6) is 0 Å². The number of aromatic nitrogens is 2. The SMILES string of the molecule is Cc1nnc(C2CCN(c3ccc(N)cc3)CC2)o1. The maximum atomic E-state index is 5.71. The van der Waals surface area contributed by atoms with Crippen molar-refractivity contribution in [3.63, 3.8) is 0 Å². The van der Waals surface area contributed by atoms with E-state index < -0.39 is 0 Å². The number of rotatable bonds is 2. The minimum Gasteiger partial charge on any atom is -0.425 e. The van der Waals surface area contributed by atoms with E-state index in [2.05, 4.69) is 27.2 Å². The van der Waals surface area contributed by atoms with Gasteiger partial charge in [-0.1, -0.05) is 0 Å². The largest absolute Gasteiger partial charge is 0.425 e. The molecular weight excluding hydrogens is 240 g/mol. The highest BCUT2D eigenvalue weighted by Gasteiger charge is 2.24. The van der Waals surface area contributed by atoms with Crippen molar-refractivity contribution >= 4 is 11.4 Å². The number of piperidine rings is 1. The molecule has 0 unspecified atom stereocenters. The standard InChI is InChI=1S/C14H18N4O/c1-10-16-17-14(19-10)11-6-8-18(9-7-11)13-4-2-12(15)3-5-13/h2-5,11H,6-9,15H2,1H3. The van der Waals surface area contributed by atoms with Crippen LogP contribution >= 0.6 is 0 Å². The van der Waals surface area contributed by atoms with Gasteiger partial charge in [-0.05, 0) is 37.1 Å². The molecule has 5 nitrogen and oxygen atoms in total. The van der Waals surface area contributed by atoms with Gasteiger partial charge in [0.1, 0.15) is 0 Å². The van der Waals surface area contributed by atoms with Crippen molar-refractivity contribution in [2.75, 3.05) is 23.7 Å². The summed E-state index contributed by atoms with van der Waals surface area (Å²) in [6, 6.07) is 8.05. The van der Waals surface area contributed by atoms with Crippen LogP contribution in [-0.2, 0) is 0 Å². The highest BCUT2D eigenvalue weighted by molar-refractivity contribution is 5.53. The van der Waals surface area contributed by atoms with Gasteiger partial charge >= 0.3 is 0 Å². The Morgan fingerprint density at radius 3 is 2.42 bits per heavy atom. The fourth-order valence-electron chi connectivity index (χ4n) is 2.55. The van der Waals surface area contributed by atoms with E-state index in [0.717, 1.165) is 37.5 Å². The molecule has 3 rings (SSSR count). The number of benzene rings is 1. The van der Waals surface area contributed by atoms with Crippen LogP contribution in [0.15, 0.2) is 28.7 Å². The van der Waals surface area contributed by atoms with Crippen LogP contribution < -0.4 is 10.6 Å². The predicted molar refractivity (Wildman–Crippen MR) is 74.1 cm³/mol. The molecule has 1 fully saturated rings. The molecule has 1 aliphatic heterocycles. The third-order valence-corrected chi connectivity index (χ3v) is 3.64. The normalized spacial score (nSPS) is 16.8. The first kappa shape index (κ1) is 12.0. The number of nitrogen functional groups attached to an aromatic ring is 1. The van der Waals surface area contributed by atoms with E-state index in [9.17, 15) is 0 Å². The zero-order chi connectivity index (χ0) is 13.2. The molecule has 1 aliphatic rings. The smallest absolute Gasteiger partial charge is 0.219 e. The first-order chi connectivity index (χ1) is 9.22. The summed E-state index contributed by atoms with van der Waals surface area (Å²) >= 11 is 0. The average molecular weight is 258 g/mol. The molecule has 0 spiro atoms. The van der Waals surface area contributed by atoms with E-state index in [1.807, 2.05) is 19.1 Å². The van der Waals surface area contributed by atoms with Gasteiger partial charge in [0.2, 0.25) is 11.8 Å². The lowest BCUT2D eigenvalue weighted by Gasteiger charge is -2.32. The molecule has 2 heterocycles. The second-order valence-corrected chi connectivity index (χ2v) is 5.01. The Kier molecular flexibility index (Phi) is 3.11. The van der Waals surface area contributed by atoms with Gasteiger partial charge in [-0.2, -0.15) is 0 Å². The van der Waals surface area contributed by atoms with Crippen molar-refractivity contribution < 1.29 is 4.42 Å². The van der Waals surface area contributed by atoms with Gasteiger partial charge in [-0.15, -0.1) is 10.2 Å². The number of hydrogen-bond acceptors (Lipinski definition) is 5. The summed E-state index contributed by atoms with van der Waals surface area (Å²) in [5.41, 5.74) is 7.75. The summed E-state index contributed by atoms with van der Waals surface area (Å²) < 4.78 is 5.52. The molecule has 2 aromatic rings. The van der Waals surface area contributed by atoms with E-state index in [1.54, 1.807) is 0 Å². The summed E-state index contributed by atoms with van der Waals surface area (Å²) in [6.45, 7) is 3.85. The molecule has 0 bridgehead atoms. The van der Waals surface area contributed by atoms with E-state index in [4.69, 9.17) is 10.2 Å². The highest BCUT2D eigenvalue weighted by Crippen LogP contribution is 2.29. The van der Waals surface area contributed by atoms with Gasteiger partial charge in [0.25, 0.3) is 0 Å². The molecule has 19 heavy (non-hydrogen) atoms. The molecule has 0 radical (unpaired) electrons. The molecule has 2 N–H and O–H groups in total. The number of aryl methyl sites for hydroxylation is 1. The zero-order valence-corrected chi connectivity index (χ0v) is 11.0. The van der Waals surface area contributed by atoms with Crippen LogP contribution in [0.25, 0.3) is 0 Å². The van der Waals surface area contributed by atoms with Crippen molar-refractivity contribution in [3.05, 3.63) is 36.0 Å². The van der Waals surface area contributed by atoms with Crippen molar-refractivity contribution in [1.82, 2.24) is 10.2 Å².